The fraction of sp³-hybridized carbons (Fsp3) is 0.909. The molecule has 0 bridgehead atoms. The van der Waals surface area contributed by atoms with Gasteiger partial charge in [-0.05, 0) is 45.3 Å². The molecule has 4 heteroatoms. The minimum absolute atomic E-state index is 0.179. The van der Waals surface area contributed by atoms with Gasteiger partial charge in [0.05, 0.1) is 5.92 Å². The summed E-state index contributed by atoms with van der Waals surface area (Å²) in [7, 11) is 2.09. The third-order valence-corrected chi connectivity index (χ3v) is 3.53. The fourth-order valence-corrected chi connectivity index (χ4v) is 2.35. The Morgan fingerprint density at radius 2 is 2.07 bits per heavy atom. The van der Waals surface area contributed by atoms with Crippen molar-refractivity contribution in [2.45, 2.75) is 32.2 Å². The minimum atomic E-state index is -0.746. The maximum absolute atomic E-state index is 11.0. The molecule has 0 aromatic carbocycles. The first-order valence-corrected chi connectivity index (χ1v) is 5.73. The molecule has 0 aromatic rings. The van der Waals surface area contributed by atoms with Gasteiger partial charge in [-0.3, -0.25) is 4.79 Å². The van der Waals surface area contributed by atoms with Crippen LogP contribution in [-0.2, 0) is 4.79 Å². The van der Waals surface area contributed by atoms with Crippen molar-refractivity contribution in [1.29, 1.82) is 0 Å². The highest BCUT2D eigenvalue weighted by Gasteiger charge is 2.31. The van der Waals surface area contributed by atoms with E-state index in [4.69, 9.17) is 10.8 Å². The van der Waals surface area contributed by atoms with Crippen LogP contribution >= 0.6 is 0 Å². The van der Waals surface area contributed by atoms with Crippen molar-refractivity contribution in [3.8, 4) is 0 Å². The third kappa shape index (κ3) is 3.18. The van der Waals surface area contributed by atoms with Crippen LogP contribution in [0.2, 0.25) is 0 Å². The Morgan fingerprint density at radius 1 is 1.53 bits per heavy atom. The lowest BCUT2D eigenvalue weighted by molar-refractivity contribution is -0.143. The molecule has 15 heavy (non-hydrogen) atoms. The molecular formula is C11H22N2O2. The van der Waals surface area contributed by atoms with Gasteiger partial charge < -0.3 is 15.7 Å². The molecule has 88 valence electrons. The predicted molar refractivity (Wildman–Crippen MR) is 59.6 cm³/mol. The summed E-state index contributed by atoms with van der Waals surface area (Å²) in [5, 5.41) is 9.04. The van der Waals surface area contributed by atoms with E-state index in [2.05, 4.69) is 11.9 Å². The maximum atomic E-state index is 11.0. The van der Waals surface area contributed by atoms with Crippen molar-refractivity contribution in [3.05, 3.63) is 0 Å². The van der Waals surface area contributed by atoms with Crippen LogP contribution in [-0.4, -0.2) is 42.2 Å². The van der Waals surface area contributed by atoms with E-state index in [1.165, 1.54) is 0 Å². The zero-order valence-corrected chi connectivity index (χ0v) is 9.65. The number of carboxylic acids is 1. The SMILES string of the molecule is CCC(C(=O)O)C(N)C1CCN(C)CC1. The van der Waals surface area contributed by atoms with Crippen LogP contribution in [0, 0.1) is 11.8 Å². The van der Waals surface area contributed by atoms with Gasteiger partial charge in [0.1, 0.15) is 0 Å². The van der Waals surface area contributed by atoms with E-state index in [1.54, 1.807) is 0 Å². The molecular weight excluding hydrogens is 192 g/mol. The zero-order valence-electron chi connectivity index (χ0n) is 9.65. The monoisotopic (exact) mass is 214 g/mol. The minimum Gasteiger partial charge on any atom is -0.481 e. The molecule has 0 aromatic heterocycles. The summed E-state index contributed by atoms with van der Waals surface area (Å²) in [6, 6.07) is -0.179. The van der Waals surface area contributed by atoms with Gasteiger partial charge in [-0.2, -0.15) is 0 Å². The van der Waals surface area contributed by atoms with E-state index in [1.807, 2.05) is 6.92 Å². The third-order valence-electron chi connectivity index (χ3n) is 3.53. The van der Waals surface area contributed by atoms with Gasteiger partial charge in [0.25, 0.3) is 0 Å². The van der Waals surface area contributed by atoms with Crippen LogP contribution in [0.5, 0.6) is 0 Å². The van der Waals surface area contributed by atoms with Crippen LogP contribution in [0.4, 0.5) is 0 Å². The Morgan fingerprint density at radius 3 is 2.47 bits per heavy atom. The Balaban J connectivity index is 2.51. The summed E-state index contributed by atoms with van der Waals surface area (Å²) < 4.78 is 0. The smallest absolute Gasteiger partial charge is 0.308 e. The lowest BCUT2D eigenvalue weighted by atomic mass is 9.81. The molecule has 1 saturated heterocycles. The highest BCUT2D eigenvalue weighted by molar-refractivity contribution is 5.70. The van der Waals surface area contributed by atoms with E-state index in [9.17, 15) is 4.79 Å². The van der Waals surface area contributed by atoms with Gasteiger partial charge in [0, 0.05) is 6.04 Å². The van der Waals surface area contributed by atoms with Gasteiger partial charge in [0.2, 0.25) is 0 Å². The molecule has 1 rings (SSSR count). The number of nitrogens with two attached hydrogens (primary N) is 1. The summed E-state index contributed by atoms with van der Waals surface area (Å²) >= 11 is 0. The number of carbonyl (C=O) groups is 1. The van der Waals surface area contributed by atoms with Crippen molar-refractivity contribution < 1.29 is 9.90 Å². The van der Waals surface area contributed by atoms with Crippen LogP contribution < -0.4 is 5.73 Å². The number of carboxylic acid groups (broad SMARTS) is 1. The Hall–Kier alpha value is -0.610. The molecule has 0 radical (unpaired) electrons. The molecule has 0 spiro atoms. The molecule has 0 saturated carbocycles. The highest BCUT2D eigenvalue weighted by atomic mass is 16.4. The van der Waals surface area contributed by atoms with Crippen LogP contribution in [0.1, 0.15) is 26.2 Å². The highest BCUT2D eigenvalue weighted by Crippen LogP contribution is 2.24. The molecule has 2 unspecified atom stereocenters. The van der Waals surface area contributed by atoms with E-state index in [0.717, 1.165) is 25.9 Å². The van der Waals surface area contributed by atoms with Crippen LogP contribution in [0.25, 0.3) is 0 Å². The van der Waals surface area contributed by atoms with E-state index >= 15 is 0 Å². The summed E-state index contributed by atoms with van der Waals surface area (Å²) in [6.45, 7) is 3.97. The van der Waals surface area contributed by atoms with E-state index in [-0.39, 0.29) is 12.0 Å². The second kappa shape index (κ2) is 5.47. The normalized spacial score (nSPS) is 23.7. The number of likely N-dealkylation sites (tertiary alicyclic amines) is 1. The largest absolute Gasteiger partial charge is 0.481 e. The Labute approximate surface area is 91.4 Å². The Bertz CT molecular complexity index is 213. The number of hydrogen-bond donors (Lipinski definition) is 2. The first-order chi connectivity index (χ1) is 7.06. The lowest BCUT2D eigenvalue weighted by Crippen LogP contribution is -2.45. The number of nitrogens with zero attached hydrogens (tertiary/aromatic N) is 1. The predicted octanol–water partition coefficient (Wildman–Crippen LogP) is 0.766. The van der Waals surface area contributed by atoms with Crippen molar-refractivity contribution in [3.63, 3.8) is 0 Å². The standard InChI is InChI=1S/C11H22N2O2/c1-3-9(11(14)15)10(12)8-4-6-13(2)7-5-8/h8-10H,3-7,12H2,1-2H3,(H,14,15). The number of hydrogen-bond acceptors (Lipinski definition) is 3. The molecule has 0 amide bonds. The molecule has 1 fully saturated rings. The van der Waals surface area contributed by atoms with Gasteiger partial charge in [-0.15, -0.1) is 0 Å². The van der Waals surface area contributed by atoms with Crippen LogP contribution in [0.3, 0.4) is 0 Å². The second-order valence-corrected chi connectivity index (χ2v) is 4.57. The number of rotatable bonds is 4. The first-order valence-electron chi connectivity index (χ1n) is 5.73. The summed E-state index contributed by atoms with van der Waals surface area (Å²) in [4.78, 5) is 13.3. The second-order valence-electron chi connectivity index (χ2n) is 4.57. The average Bonchev–Trinajstić information content (AvgIpc) is 2.19. The maximum Gasteiger partial charge on any atom is 0.308 e. The molecule has 3 N–H and O–H groups in total. The Kier molecular flexibility index (Phi) is 4.54. The van der Waals surface area contributed by atoms with Crippen LogP contribution in [0.15, 0.2) is 0 Å². The number of piperidine rings is 1. The van der Waals surface area contributed by atoms with Crippen molar-refractivity contribution in [2.75, 3.05) is 20.1 Å². The van der Waals surface area contributed by atoms with Crippen molar-refractivity contribution in [2.24, 2.45) is 17.6 Å². The topological polar surface area (TPSA) is 66.6 Å². The quantitative estimate of drug-likeness (QED) is 0.725. The van der Waals surface area contributed by atoms with Crippen molar-refractivity contribution >= 4 is 5.97 Å². The molecule has 4 nitrogen and oxygen atoms in total. The van der Waals surface area contributed by atoms with Crippen molar-refractivity contribution in [1.82, 2.24) is 4.90 Å². The zero-order chi connectivity index (χ0) is 11.4. The number of aliphatic carboxylic acids is 1. The summed E-state index contributed by atoms with van der Waals surface area (Å²) in [6.07, 6.45) is 2.69. The van der Waals surface area contributed by atoms with E-state index < -0.39 is 5.97 Å². The summed E-state index contributed by atoms with van der Waals surface area (Å²) in [5.74, 6) is -0.746. The van der Waals surface area contributed by atoms with Gasteiger partial charge in [-0.1, -0.05) is 6.92 Å². The van der Waals surface area contributed by atoms with Gasteiger partial charge in [-0.25, -0.2) is 0 Å². The molecule has 1 aliphatic rings. The first kappa shape index (κ1) is 12.5. The van der Waals surface area contributed by atoms with E-state index in [0.29, 0.717) is 12.3 Å². The molecule has 2 atom stereocenters. The molecule has 1 aliphatic heterocycles. The van der Waals surface area contributed by atoms with Gasteiger partial charge >= 0.3 is 5.97 Å². The molecule has 0 aliphatic carbocycles. The lowest BCUT2D eigenvalue weighted by Gasteiger charge is -2.34. The fourth-order valence-electron chi connectivity index (χ4n) is 2.35. The average molecular weight is 214 g/mol. The van der Waals surface area contributed by atoms with Gasteiger partial charge in [0.15, 0.2) is 0 Å². The molecule has 1 heterocycles. The summed E-state index contributed by atoms with van der Waals surface area (Å²) in [5.41, 5.74) is 6.05.